The van der Waals surface area contributed by atoms with Gasteiger partial charge in [0.1, 0.15) is 11.6 Å². The summed E-state index contributed by atoms with van der Waals surface area (Å²) in [4.78, 5) is 17.1. The largest absolute Gasteiger partial charge is 0.281 e. The number of halogens is 1. The van der Waals surface area contributed by atoms with Crippen molar-refractivity contribution < 1.29 is 4.39 Å². The highest BCUT2D eigenvalue weighted by Gasteiger charge is 2.15. The summed E-state index contributed by atoms with van der Waals surface area (Å²) < 4.78 is 14.9. The normalized spacial score (nSPS) is 10.4. The summed E-state index contributed by atoms with van der Waals surface area (Å²) in [6, 6.07) is 6.04. The zero-order chi connectivity index (χ0) is 15.4. The zero-order valence-electron chi connectivity index (χ0n) is 12.2. The van der Waals surface area contributed by atoms with Crippen molar-refractivity contribution in [3.05, 3.63) is 51.7 Å². The smallest absolute Gasteiger partial charge is 0.258 e. The molecule has 1 heterocycles. The molecule has 1 aromatic carbocycles. The molecule has 108 valence electrons. The molecular formula is C17H17FN2O. The van der Waals surface area contributed by atoms with Crippen LogP contribution in [0.2, 0.25) is 0 Å². The Bertz CT molecular complexity index is 756. The van der Waals surface area contributed by atoms with E-state index in [0.29, 0.717) is 29.8 Å². The third kappa shape index (κ3) is 2.87. The van der Waals surface area contributed by atoms with E-state index in [4.69, 9.17) is 6.42 Å². The van der Waals surface area contributed by atoms with Crippen molar-refractivity contribution in [2.24, 2.45) is 0 Å². The van der Waals surface area contributed by atoms with Crippen LogP contribution in [-0.4, -0.2) is 9.55 Å². The first kappa shape index (κ1) is 15.0. The van der Waals surface area contributed by atoms with Crippen molar-refractivity contribution in [2.45, 2.75) is 33.2 Å². The molecule has 3 nitrogen and oxygen atoms in total. The fourth-order valence-electron chi connectivity index (χ4n) is 2.37. The lowest BCUT2D eigenvalue weighted by Crippen LogP contribution is -2.28. The molecule has 1 aromatic heterocycles. The molecule has 0 N–H and O–H groups in total. The van der Waals surface area contributed by atoms with E-state index in [1.54, 1.807) is 12.1 Å². The van der Waals surface area contributed by atoms with Gasteiger partial charge in [-0.3, -0.25) is 9.36 Å². The molecule has 0 aliphatic heterocycles. The van der Waals surface area contributed by atoms with Gasteiger partial charge in [-0.2, -0.15) is 0 Å². The van der Waals surface area contributed by atoms with Gasteiger partial charge in [0.25, 0.3) is 5.56 Å². The van der Waals surface area contributed by atoms with E-state index >= 15 is 0 Å². The molecule has 0 spiro atoms. The average molecular weight is 284 g/mol. The molecule has 21 heavy (non-hydrogen) atoms. The monoisotopic (exact) mass is 284 g/mol. The first-order valence-corrected chi connectivity index (χ1v) is 6.94. The molecule has 0 fully saturated rings. The third-order valence-electron chi connectivity index (χ3n) is 3.37. The number of aryl methyl sites for hydroxylation is 1. The maximum Gasteiger partial charge on any atom is 0.258 e. The Balaban J connectivity index is 2.78. The lowest BCUT2D eigenvalue weighted by Gasteiger charge is -2.14. The molecule has 0 atom stereocenters. The summed E-state index contributed by atoms with van der Waals surface area (Å²) in [5.41, 5.74) is 1.84. The number of aromatic nitrogens is 2. The lowest BCUT2D eigenvalue weighted by molar-refractivity contribution is 0.627. The molecule has 0 unspecified atom stereocenters. The molecule has 0 aliphatic carbocycles. The van der Waals surface area contributed by atoms with Gasteiger partial charge in [0, 0.05) is 11.1 Å². The van der Waals surface area contributed by atoms with Crippen LogP contribution in [0.5, 0.6) is 0 Å². The van der Waals surface area contributed by atoms with Crippen molar-refractivity contribution in [2.75, 3.05) is 0 Å². The van der Waals surface area contributed by atoms with Crippen LogP contribution in [0.1, 0.15) is 25.1 Å². The topological polar surface area (TPSA) is 34.9 Å². The fraction of sp³-hybridized carbons (Fsp3) is 0.294. The van der Waals surface area contributed by atoms with Crippen LogP contribution in [0.25, 0.3) is 11.4 Å². The second-order valence-corrected chi connectivity index (χ2v) is 4.67. The van der Waals surface area contributed by atoms with E-state index in [-0.39, 0.29) is 17.9 Å². The van der Waals surface area contributed by atoms with Gasteiger partial charge in [0.05, 0.1) is 12.2 Å². The summed E-state index contributed by atoms with van der Waals surface area (Å²) in [7, 11) is 0. The second-order valence-electron chi connectivity index (χ2n) is 4.67. The van der Waals surface area contributed by atoms with E-state index in [1.807, 2.05) is 13.8 Å². The predicted molar refractivity (Wildman–Crippen MR) is 81.5 cm³/mol. The molecule has 2 rings (SSSR count). The molecule has 2 aromatic rings. The maximum atomic E-state index is 13.4. The number of terminal acetylenes is 1. The molecule has 0 saturated heterocycles. The van der Waals surface area contributed by atoms with Gasteiger partial charge in [0.2, 0.25) is 0 Å². The second kappa shape index (κ2) is 6.36. The molecule has 4 heteroatoms. The molecule has 0 radical (unpaired) electrons. The first-order valence-electron chi connectivity index (χ1n) is 6.94. The van der Waals surface area contributed by atoms with Gasteiger partial charge < -0.3 is 0 Å². The van der Waals surface area contributed by atoms with E-state index in [0.717, 1.165) is 5.69 Å². The molecule has 0 bridgehead atoms. The maximum absolute atomic E-state index is 13.4. The SMILES string of the molecule is C#CCn1c(-c2cccc(F)c2)nc(CC)c(CC)c1=O. The standard InChI is InChI=1S/C17H17FN2O/c1-4-10-20-16(12-8-7-9-13(18)11-12)19-15(6-3)14(5-2)17(20)21/h1,7-9,11H,5-6,10H2,2-3H3. The van der Waals surface area contributed by atoms with Crippen LogP contribution < -0.4 is 5.56 Å². The Morgan fingerprint density at radius 3 is 2.67 bits per heavy atom. The van der Waals surface area contributed by atoms with Gasteiger partial charge in [-0.25, -0.2) is 9.37 Å². The Labute approximate surface area is 123 Å². The van der Waals surface area contributed by atoms with E-state index in [2.05, 4.69) is 10.9 Å². The molecule has 0 amide bonds. The van der Waals surface area contributed by atoms with Crippen molar-refractivity contribution in [3.8, 4) is 23.7 Å². The summed E-state index contributed by atoms with van der Waals surface area (Å²) in [6.45, 7) is 3.98. The Morgan fingerprint density at radius 1 is 1.33 bits per heavy atom. The summed E-state index contributed by atoms with van der Waals surface area (Å²) in [5.74, 6) is 2.52. The average Bonchev–Trinajstić information content (AvgIpc) is 2.49. The van der Waals surface area contributed by atoms with Gasteiger partial charge in [-0.1, -0.05) is 31.9 Å². The summed E-state index contributed by atoms with van der Waals surface area (Å²) in [6.07, 6.45) is 6.61. The first-order chi connectivity index (χ1) is 10.1. The summed E-state index contributed by atoms with van der Waals surface area (Å²) in [5, 5.41) is 0. The van der Waals surface area contributed by atoms with Crippen LogP contribution >= 0.6 is 0 Å². The molecule has 0 aliphatic rings. The van der Waals surface area contributed by atoms with Crippen molar-refractivity contribution in [1.29, 1.82) is 0 Å². The van der Waals surface area contributed by atoms with E-state index < -0.39 is 0 Å². The summed E-state index contributed by atoms with van der Waals surface area (Å²) >= 11 is 0. The van der Waals surface area contributed by atoms with Gasteiger partial charge in [0.15, 0.2) is 0 Å². The molecular weight excluding hydrogens is 267 g/mol. The van der Waals surface area contributed by atoms with Crippen molar-refractivity contribution >= 4 is 0 Å². The number of rotatable bonds is 4. The minimum Gasteiger partial charge on any atom is -0.281 e. The van der Waals surface area contributed by atoms with Crippen LogP contribution in [0.4, 0.5) is 4.39 Å². The number of nitrogens with zero attached hydrogens (tertiary/aromatic N) is 2. The Kier molecular flexibility index (Phi) is 4.54. The van der Waals surface area contributed by atoms with Crippen molar-refractivity contribution in [1.82, 2.24) is 9.55 Å². The number of benzene rings is 1. The van der Waals surface area contributed by atoms with Crippen molar-refractivity contribution in [3.63, 3.8) is 0 Å². The van der Waals surface area contributed by atoms with E-state index in [9.17, 15) is 9.18 Å². The Morgan fingerprint density at radius 2 is 2.10 bits per heavy atom. The van der Waals surface area contributed by atoms with Crippen LogP contribution in [-0.2, 0) is 19.4 Å². The number of hydrogen-bond acceptors (Lipinski definition) is 2. The van der Waals surface area contributed by atoms with E-state index in [1.165, 1.54) is 16.7 Å². The molecule has 0 saturated carbocycles. The fourth-order valence-corrected chi connectivity index (χ4v) is 2.37. The van der Waals surface area contributed by atoms with Crippen LogP contribution in [0.15, 0.2) is 29.1 Å². The lowest BCUT2D eigenvalue weighted by atomic mass is 10.1. The van der Waals surface area contributed by atoms with Gasteiger partial charge in [-0.05, 0) is 25.0 Å². The van der Waals surface area contributed by atoms with Crippen LogP contribution in [0, 0.1) is 18.2 Å². The van der Waals surface area contributed by atoms with Gasteiger partial charge in [-0.15, -0.1) is 6.42 Å². The highest BCUT2D eigenvalue weighted by atomic mass is 19.1. The van der Waals surface area contributed by atoms with Crippen LogP contribution in [0.3, 0.4) is 0 Å². The van der Waals surface area contributed by atoms with Gasteiger partial charge >= 0.3 is 0 Å². The quantitative estimate of drug-likeness (QED) is 0.809. The number of hydrogen-bond donors (Lipinski definition) is 0. The minimum atomic E-state index is -0.369. The highest BCUT2D eigenvalue weighted by molar-refractivity contribution is 5.56. The predicted octanol–water partition coefficient (Wildman–Crippen LogP) is 2.81. The third-order valence-corrected chi connectivity index (χ3v) is 3.37. The Hall–Kier alpha value is -2.41. The minimum absolute atomic E-state index is 0.120. The highest BCUT2D eigenvalue weighted by Crippen LogP contribution is 2.19. The zero-order valence-corrected chi connectivity index (χ0v) is 12.2.